The standard InChI is InChI=1S/C68H131NO5/c1-3-5-7-9-11-13-15-17-19-20-21-23-26-29-33-36-40-44-48-52-56-60-66(71)65(64-70)69-67(72)61-57-53-49-45-41-37-34-30-27-24-22-25-28-31-35-39-43-47-51-55-59-63-74-68(73)62-58-54-50-46-42-38-32-18-16-14-12-10-8-6-4-2/h18,32,56,60,65-66,70-71H,3-17,19-31,33-55,57-59,61-64H2,1-2H3,(H,69,72)/b32-18-,60-56+. The highest BCUT2D eigenvalue weighted by Crippen LogP contribution is 2.18. The summed E-state index contributed by atoms with van der Waals surface area (Å²) in [4.78, 5) is 24.6. The summed E-state index contributed by atoms with van der Waals surface area (Å²) in [5.41, 5.74) is 0. The van der Waals surface area contributed by atoms with Crippen LogP contribution in [-0.2, 0) is 14.3 Å². The van der Waals surface area contributed by atoms with Gasteiger partial charge in [-0.1, -0.05) is 327 Å². The highest BCUT2D eigenvalue weighted by atomic mass is 16.5. The molecule has 0 aromatic heterocycles. The highest BCUT2D eigenvalue weighted by molar-refractivity contribution is 5.76. The van der Waals surface area contributed by atoms with Gasteiger partial charge in [-0.15, -0.1) is 0 Å². The Morgan fingerprint density at radius 2 is 0.635 bits per heavy atom. The van der Waals surface area contributed by atoms with Crippen molar-refractivity contribution >= 4 is 11.9 Å². The molecule has 0 spiro atoms. The Morgan fingerprint density at radius 1 is 0.365 bits per heavy atom. The van der Waals surface area contributed by atoms with Gasteiger partial charge in [-0.25, -0.2) is 0 Å². The van der Waals surface area contributed by atoms with Crippen molar-refractivity contribution in [2.75, 3.05) is 13.2 Å². The number of unbranched alkanes of at least 4 members (excludes halogenated alkanes) is 50. The van der Waals surface area contributed by atoms with E-state index >= 15 is 0 Å². The number of carbonyl (C=O) groups excluding carboxylic acids is 2. The van der Waals surface area contributed by atoms with Crippen LogP contribution in [0, 0.1) is 0 Å². The molecule has 0 saturated carbocycles. The van der Waals surface area contributed by atoms with E-state index in [-0.39, 0.29) is 18.5 Å². The average molecular weight is 1040 g/mol. The summed E-state index contributed by atoms with van der Waals surface area (Å²) in [6.07, 6.45) is 79.5. The van der Waals surface area contributed by atoms with Gasteiger partial charge in [-0.3, -0.25) is 9.59 Å². The first-order chi connectivity index (χ1) is 36.5. The Morgan fingerprint density at radius 3 is 0.959 bits per heavy atom. The third-order valence-electron chi connectivity index (χ3n) is 15.7. The largest absolute Gasteiger partial charge is 0.466 e. The summed E-state index contributed by atoms with van der Waals surface area (Å²) in [6.45, 7) is 4.93. The number of nitrogens with one attached hydrogen (secondary N) is 1. The number of aliphatic hydroxyl groups excluding tert-OH is 2. The van der Waals surface area contributed by atoms with Crippen molar-refractivity contribution in [3.8, 4) is 0 Å². The molecule has 6 nitrogen and oxygen atoms in total. The van der Waals surface area contributed by atoms with Crippen LogP contribution in [0.1, 0.15) is 373 Å². The third-order valence-corrected chi connectivity index (χ3v) is 15.7. The van der Waals surface area contributed by atoms with Crippen LogP contribution in [0.2, 0.25) is 0 Å². The number of hydrogen-bond donors (Lipinski definition) is 3. The predicted molar refractivity (Wildman–Crippen MR) is 324 cm³/mol. The van der Waals surface area contributed by atoms with Crippen LogP contribution in [0.15, 0.2) is 24.3 Å². The minimum absolute atomic E-state index is 0.00420. The molecule has 2 atom stereocenters. The summed E-state index contributed by atoms with van der Waals surface area (Å²) < 4.78 is 5.49. The summed E-state index contributed by atoms with van der Waals surface area (Å²) in [5, 5.41) is 23.2. The molecule has 0 radical (unpaired) electrons. The van der Waals surface area contributed by atoms with Gasteiger partial charge in [0, 0.05) is 12.8 Å². The molecule has 0 bridgehead atoms. The van der Waals surface area contributed by atoms with E-state index in [1.165, 1.54) is 302 Å². The van der Waals surface area contributed by atoms with Gasteiger partial charge in [-0.2, -0.15) is 0 Å². The van der Waals surface area contributed by atoms with E-state index in [4.69, 9.17) is 4.74 Å². The van der Waals surface area contributed by atoms with Crippen LogP contribution in [0.25, 0.3) is 0 Å². The fraction of sp³-hybridized carbons (Fsp3) is 0.912. The predicted octanol–water partition coefficient (Wildman–Crippen LogP) is 21.4. The second kappa shape index (κ2) is 63.9. The normalized spacial score (nSPS) is 12.6. The second-order valence-corrected chi connectivity index (χ2v) is 23.2. The smallest absolute Gasteiger partial charge is 0.305 e. The molecule has 0 aliphatic heterocycles. The van der Waals surface area contributed by atoms with Crippen LogP contribution < -0.4 is 5.32 Å². The zero-order valence-electron chi connectivity index (χ0n) is 50.1. The van der Waals surface area contributed by atoms with E-state index in [9.17, 15) is 19.8 Å². The van der Waals surface area contributed by atoms with E-state index in [2.05, 4.69) is 31.3 Å². The topological polar surface area (TPSA) is 95.9 Å². The fourth-order valence-corrected chi connectivity index (χ4v) is 10.6. The second-order valence-electron chi connectivity index (χ2n) is 23.2. The minimum Gasteiger partial charge on any atom is -0.466 e. The molecule has 3 N–H and O–H groups in total. The van der Waals surface area contributed by atoms with E-state index in [0.717, 1.165) is 44.9 Å². The number of aliphatic hydroxyl groups is 2. The molecule has 0 fully saturated rings. The third kappa shape index (κ3) is 59.6. The van der Waals surface area contributed by atoms with Gasteiger partial charge in [0.2, 0.25) is 5.91 Å². The Kier molecular flexibility index (Phi) is 62.4. The van der Waals surface area contributed by atoms with Crippen molar-refractivity contribution in [2.45, 2.75) is 386 Å². The number of carbonyl (C=O) groups is 2. The lowest BCUT2D eigenvalue weighted by atomic mass is 10.0. The highest BCUT2D eigenvalue weighted by Gasteiger charge is 2.18. The van der Waals surface area contributed by atoms with Crippen molar-refractivity contribution in [3.05, 3.63) is 24.3 Å². The number of rotatable bonds is 63. The lowest BCUT2D eigenvalue weighted by Gasteiger charge is -2.20. The number of amides is 1. The van der Waals surface area contributed by atoms with Gasteiger partial charge in [0.25, 0.3) is 0 Å². The van der Waals surface area contributed by atoms with Crippen molar-refractivity contribution < 1.29 is 24.5 Å². The number of esters is 1. The Balaban J connectivity index is 3.41. The summed E-state index contributed by atoms with van der Waals surface area (Å²) in [5.74, 6) is -0.0611. The van der Waals surface area contributed by atoms with E-state index in [1.807, 2.05) is 6.08 Å². The molecule has 0 aromatic rings. The van der Waals surface area contributed by atoms with E-state index in [1.54, 1.807) is 6.08 Å². The van der Waals surface area contributed by atoms with Crippen LogP contribution in [0.4, 0.5) is 0 Å². The zero-order chi connectivity index (χ0) is 53.6. The number of hydrogen-bond acceptors (Lipinski definition) is 5. The summed E-state index contributed by atoms with van der Waals surface area (Å²) in [7, 11) is 0. The van der Waals surface area contributed by atoms with Crippen molar-refractivity contribution in [1.82, 2.24) is 5.32 Å². The number of ether oxygens (including phenoxy) is 1. The fourth-order valence-electron chi connectivity index (χ4n) is 10.6. The Bertz CT molecular complexity index is 1150. The molecule has 0 heterocycles. The molecule has 0 rings (SSSR count). The zero-order valence-corrected chi connectivity index (χ0v) is 50.1. The van der Waals surface area contributed by atoms with Gasteiger partial charge in [0.05, 0.1) is 25.4 Å². The number of allylic oxidation sites excluding steroid dienone is 3. The summed E-state index contributed by atoms with van der Waals surface area (Å²) >= 11 is 0. The Hall–Kier alpha value is -1.66. The Labute approximate surface area is 462 Å². The van der Waals surface area contributed by atoms with Gasteiger partial charge < -0.3 is 20.3 Å². The molecule has 438 valence electrons. The van der Waals surface area contributed by atoms with Gasteiger partial charge >= 0.3 is 5.97 Å². The van der Waals surface area contributed by atoms with E-state index < -0.39 is 12.1 Å². The monoisotopic (exact) mass is 1040 g/mol. The van der Waals surface area contributed by atoms with E-state index in [0.29, 0.717) is 19.4 Å². The molecule has 0 saturated heterocycles. The van der Waals surface area contributed by atoms with Crippen molar-refractivity contribution in [3.63, 3.8) is 0 Å². The van der Waals surface area contributed by atoms with Crippen LogP contribution in [0.5, 0.6) is 0 Å². The maximum atomic E-state index is 12.5. The SMILES string of the molecule is CCCCCCCC/C=C\CCCCCCCC(=O)OCCCCCCCCCCCCCCCCCCCCCCCC(=O)NC(CO)C(O)/C=C/CCCCCCCCCCCCCCCCCCCCC. The molecule has 0 aliphatic carbocycles. The molecule has 1 amide bonds. The maximum absolute atomic E-state index is 12.5. The lowest BCUT2D eigenvalue weighted by molar-refractivity contribution is -0.143. The first-order valence-corrected chi connectivity index (χ1v) is 33.6. The summed E-state index contributed by atoms with van der Waals surface area (Å²) in [6, 6.07) is -0.629. The molecular weight excluding hydrogens is 911 g/mol. The molecule has 2 unspecified atom stereocenters. The van der Waals surface area contributed by atoms with Gasteiger partial charge in [0.1, 0.15) is 0 Å². The molecule has 0 aliphatic rings. The van der Waals surface area contributed by atoms with Crippen molar-refractivity contribution in [1.29, 1.82) is 0 Å². The molecule has 0 aromatic carbocycles. The van der Waals surface area contributed by atoms with Crippen LogP contribution >= 0.6 is 0 Å². The molecule has 74 heavy (non-hydrogen) atoms. The van der Waals surface area contributed by atoms with Crippen LogP contribution in [-0.4, -0.2) is 47.4 Å². The van der Waals surface area contributed by atoms with Gasteiger partial charge in [0.15, 0.2) is 0 Å². The first kappa shape index (κ1) is 72.3. The van der Waals surface area contributed by atoms with Crippen molar-refractivity contribution in [2.24, 2.45) is 0 Å². The molecular formula is C68H131NO5. The first-order valence-electron chi connectivity index (χ1n) is 33.6. The van der Waals surface area contributed by atoms with Crippen LogP contribution in [0.3, 0.4) is 0 Å². The average Bonchev–Trinajstić information content (AvgIpc) is 3.40. The molecule has 6 heteroatoms. The quantitative estimate of drug-likeness (QED) is 0.0320. The van der Waals surface area contributed by atoms with Gasteiger partial charge in [-0.05, 0) is 57.8 Å². The maximum Gasteiger partial charge on any atom is 0.305 e. The lowest BCUT2D eigenvalue weighted by Crippen LogP contribution is -2.45. The minimum atomic E-state index is -0.846.